The van der Waals surface area contributed by atoms with Gasteiger partial charge in [-0.15, -0.1) is 0 Å². The van der Waals surface area contributed by atoms with Crippen LogP contribution in [0.1, 0.15) is 57.8 Å². The van der Waals surface area contributed by atoms with Crippen LogP contribution in [0, 0.1) is 5.92 Å². The molecule has 3 heteroatoms. The molecule has 0 bridgehead atoms. The van der Waals surface area contributed by atoms with Gasteiger partial charge in [0.05, 0.1) is 13.7 Å². The van der Waals surface area contributed by atoms with E-state index in [4.69, 9.17) is 4.74 Å². The van der Waals surface area contributed by atoms with Crippen molar-refractivity contribution in [3.05, 3.63) is 0 Å². The second-order valence-electron chi connectivity index (χ2n) is 5.95. The zero-order valence-corrected chi connectivity index (χ0v) is 11.7. The lowest BCUT2D eigenvalue weighted by atomic mass is 9.88. The standard InChI is InChI=1S/C15H27NO2/c1-18-15(17)12-16(14-9-5-6-10-14)11-13-7-3-2-4-8-13/h13-14H,2-12H2,1H3. The van der Waals surface area contributed by atoms with E-state index in [1.807, 2.05) is 0 Å². The fraction of sp³-hybridized carbons (Fsp3) is 0.933. The lowest BCUT2D eigenvalue weighted by Crippen LogP contribution is -2.41. The topological polar surface area (TPSA) is 29.5 Å². The Hall–Kier alpha value is -0.570. The summed E-state index contributed by atoms with van der Waals surface area (Å²) in [5.74, 6) is 0.738. The smallest absolute Gasteiger partial charge is 0.319 e. The van der Waals surface area contributed by atoms with Gasteiger partial charge in [-0.2, -0.15) is 0 Å². The molecule has 2 saturated carbocycles. The van der Waals surface area contributed by atoms with Crippen molar-refractivity contribution >= 4 is 5.97 Å². The minimum Gasteiger partial charge on any atom is -0.468 e. The van der Waals surface area contributed by atoms with Crippen molar-refractivity contribution < 1.29 is 9.53 Å². The minimum atomic E-state index is -0.0716. The number of ether oxygens (including phenoxy) is 1. The Morgan fingerprint density at radius 3 is 2.28 bits per heavy atom. The molecule has 18 heavy (non-hydrogen) atoms. The molecule has 2 fully saturated rings. The Kier molecular flexibility index (Phi) is 5.48. The first kappa shape index (κ1) is 13.9. The molecule has 0 heterocycles. The quantitative estimate of drug-likeness (QED) is 0.705. The highest BCUT2D eigenvalue weighted by molar-refractivity contribution is 5.71. The van der Waals surface area contributed by atoms with Crippen molar-refractivity contribution in [2.45, 2.75) is 63.8 Å². The maximum absolute atomic E-state index is 11.6. The zero-order chi connectivity index (χ0) is 12.8. The first-order valence-corrected chi connectivity index (χ1v) is 7.60. The van der Waals surface area contributed by atoms with E-state index in [1.165, 1.54) is 64.9 Å². The Balaban J connectivity index is 1.87. The molecule has 0 aromatic rings. The van der Waals surface area contributed by atoms with Crippen LogP contribution in [0.2, 0.25) is 0 Å². The Bertz CT molecular complexity index is 255. The van der Waals surface area contributed by atoms with Gasteiger partial charge in [-0.1, -0.05) is 32.1 Å². The molecule has 2 aliphatic carbocycles. The van der Waals surface area contributed by atoms with Gasteiger partial charge in [0.25, 0.3) is 0 Å². The van der Waals surface area contributed by atoms with Gasteiger partial charge in [0.2, 0.25) is 0 Å². The molecule has 2 aliphatic rings. The van der Waals surface area contributed by atoms with Crippen LogP contribution >= 0.6 is 0 Å². The third-order valence-electron chi connectivity index (χ3n) is 4.62. The van der Waals surface area contributed by atoms with Crippen LogP contribution in [0.3, 0.4) is 0 Å². The highest BCUT2D eigenvalue weighted by Crippen LogP contribution is 2.28. The maximum Gasteiger partial charge on any atom is 0.319 e. The molecule has 0 N–H and O–H groups in total. The highest BCUT2D eigenvalue weighted by Gasteiger charge is 2.27. The van der Waals surface area contributed by atoms with Crippen LogP contribution in [-0.2, 0) is 9.53 Å². The largest absolute Gasteiger partial charge is 0.468 e. The van der Waals surface area contributed by atoms with Gasteiger partial charge in [-0.05, 0) is 31.6 Å². The van der Waals surface area contributed by atoms with Gasteiger partial charge >= 0.3 is 5.97 Å². The van der Waals surface area contributed by atoms with E-state index >= 15 is 0 Å². The molecule has 0 unspecified atom stereocenters. The number of esters is 1. The fourth-order valence-electron chi connectivity index (χ4n) is 3.54. The third-order valence-corrected chi connectivity index (χ3v) is 4.62. The van der Waals surface area contributed by atoms with Gasteiger partial charge in [0, 0.05) is 12.6 Å². The summed E-state index contributed by atoms with van der Waals surface area (Å²) >= 11 is 0. The van der Waals surface area contributed by atoms with E-state index in [0.717, 1.165) is 12.5 Å². The number of carbonyl (C=O) groups excluding carboxylic acids is 1. The van der Waals surface area contributed by atoms with Crippen molar-refractivity contribution in [3.63, 3.8) is 0 Å². The van der Waals surface area contributed by atoms with Crippen LogP contribution < -0.4 is 0 Å². The number of rotatable bonds is 5. The summed E-state index contributed by atoms with van der Waals surface area (Å²) in [4.78, 5) is 14.0. The summed E-state index contributed by atoms with van der Waals surface area (Å²) < 4.78 is 4.85. The average Bonchev–Trinajstić information content (AvgIpc) is 2.93. The molecular formula is C15H27NO2. The SMILES string of the molecule is COC(=O)CN(CC1CCCCC1)C1CCCC1. The molecule has 2 rings (SSSR count). The highest BCUT2D eigenvalue weighted by atomic mass is 16.5. The van der Waals surface area contributed by atoms with Crippen LogP contribution in [0.15, 0.2) is 0 Å². The van der Waals surface area contributed by atoms with Crippen LogP contribution in [0.25, 0.3) is 0 Å². The van der Waals surface area contributed by atoms with Gasteiger partial charge in [-0.25, -0.2) is 0 Å². The summed E-state index contributed by atoms with van der Waals surface area (Å²) in [6.45, 7) is 1.61. The Labute approximate surface area is 111 Å². The van der Waals surface area contributed by atoms with E-state index in [9.17, 15) is 4.79 Å². The monoisotopic (exact) mass is 253 g/mol. The van der Waals surface area contributed by atoms with Crippen LogP contribution in [0.5, 0.6) is 0 Å². The maximum atomic E-state index is 11.6. The second-order valence-corrected chi connectivity index (χ2v) is 5.95. The molecule has 0 aromatic heterocycles. The van der Waals surface area contributed by atoms with Crippen molar-refractivity contribution in [2.75, 3.05) is 20.2 Å². The number of hydrogen-bond acceptors (Lipinski definition) is 3. The summed E-state index contributed by atoms with van der Waals surface area (Å²) in [7, 11) is 1.50. The summed E-state index contributed by atoms with van der Waals surface area (Å²) in [6, 6.07) is 0.631. The Morgan fingerprint density at radius 2 is 1.67 bits per heavy atom. The van der Waals surface area contributed by atoms with E-state index in [0.29, 0.717) is 12.6 Å². The lowest BCUT2D eigenvalue weighted by Gasteiger charge is -2.33. The number of nitrogens with zero attached hydrogens (tertiary/aromatic N) is 1. The van der Waals surface area contributed by atoms with Crippen molar-refractivity contribution in [3.8, 4) is 0 Å². The van der Waals surface area contributed by atoms with Crippen molar-refractivity contribution in [1.29, 1.82) is 0 Å². The first-order valence-electron chi connectivity index (χ1n) is 7.60. The molecule has 0 spiro atoms. The normalized spacial score (nSPS) is 22.6. The predicted octanol–water partition coefficient (Wildman–Crippen LogP) is 2.98. The van der Waals surface area contributed by atoms with E-state index in [-0.39, 0.29) is 5.97 Å². The van der Waals surface area contributed by atoms with Crippen molar-refractivity contribution in [1.82, 2.24) is 4.90 Å². The van der Waals surface area contributed by atoms with Gasteiger partial charge in [-0.3, -0.25) is 9.69 Å². The second kappa shape index (κ2) is 7.13. The van der Waals surface area contributed by atoms with Gasteiger partial charge in [0.1, 0.15) is 0 Å². The van der Waals surface area contributed by atoms with Crippen LogP contribution in [-0.4, -0.2) is 37.1 Å². The molecule has 0 radical (unpaired) electrons. The molecular weight excluding hydrogens is 226 g/mol. The van der Waals surface area contributed by atoms with E-state index < -0.39 is 0 Å². The lowest BCUT2D eigenvalue weighted by molar-refractivity contribution is -0.142. The molecule has 3 nitrogen and oxygen atoms in total. The third kappa shape index (κ3) is 3.98. The van der Waals surface area contributed by atoms with Gasteiger partial charge < -0.3 is 4.74 Å². The summed E-state index contributed by atoms with van der Waals surface area (Å²) in [5, 5.41) is 0. The molecule has 0 aromatic carbocycles. The molecule has 104 valence electrons. The molecule has 0 saturated heterocycles. The molecule has 0 aliphatic heterocycles. The van der Waals surface area contributed by atoms with Gasteiger partial charge in [0.15, 0.2) is 0 Å². The number of hydrogen-bond donors (Lipinski definition) is 0. The number of methoxy groups -OCH3 is 1. The predicted molar refractivity (Wildman–Crippen MR) is 72.4 cm³/mol. The molecule has 0 atom stereocenters. The van der Waals surface area contributed by atoms with E-state index in [1.54, 1.807) is 0 Å². The van der Waals surface area contributed by atoms with Crippen LogP contribution in [0.4, 0.5) is 0 Å². The number of carbonyl (C=O) groups is 1. The van der Waals surface area contributed by atoms with E-state index in [2.05, 4.69) is 4.90 Å². The minimum absolute atomic E-state index is 0.0716. The zero-order valence-electron chi connectivity index (χ0n) is 11.7. The first-order chi connectivity index (χ1) is 8.79. The fourth-order valence-corrected chi connectivity index (χ4v) is 3.54. The molecule has 0 amide bonds. The summed E-state index contributed by atoms with van der Waals surface area (Å²) in [6.07, 6.45) is 12.0. The summed E-state index contributed by atoms with van der Waals surface area (Å²) in [5.41, 5.74) is 0. The average molecular weight is 253 g/mol. The van der Waals surface area contributed by atoms with Crippen molar-refractivity contribution in [2.24, 2.45) is 5.92 Å². The Morgan fingerprint density at radius 1 is 1.06 bits per heavy atom.